The molecule has 3 nitrogen and oxygen atoms in total. The summed E-state index contributed by atoms with van der Waals surface area (Å²) < 4.78 is 10.7. The Morgan fingerprint density at radius 1 is 1.33 bits per heavy atom. The van der Waals surface area contributed by atoms with Crippen LogP contribution in [0.15, 0.2) is 24.3 Å². The Bertz CT molecular complexity index is 385. The summed E-state index contributed by atoms with van der Waals surface area (Å²) in [5.41, 5.74) is 0.963. The smallest absolute Gasteiger partial charge is 0.166 e. The van der Waals surface area contributed by atoms with Crippen molar-refractivity contribution in [1.82, 2.24) is 0 Å². The van der Waals surface area contributed by atoms with Crippen LogP contribution in [-0.4, -0.2) is 25.6 Å². The van der Waals surface area contributed by atoms with E-state index in [0.717, 1.165) is 11.3 Å². The minimum atomic E-state index is -0.318. The molecule has 0 heterocycles. The Morgan fingerprint density at radius 2 is 2.06 bits per heavy atom. The Labute approximate surface area is 109 Å². The van der Waals surface area contributed by atoms with Gasteiger partial charge in [0.25, 0.3) is 0 Å². The number of ketones is 1. The molecule has 1 aromatic carbocycles. The standard InChI is InChI=1S/C15H22O3/c1-5-18-15(11(2)3)14(16)10-12-7-6-8-13(9-12)17-4/h6-9,11,15H,5,10H2,1-4H3. The van der Waals surface area contributed by atoms with Crippen molar-refractivity contribution in [2.24, 2.45) is 5.92 Å². The van der Waals surface area contributed by atoms with Gasteiger partial charge in [0.1, 0.15) is 11.9 Å². The molecule has 1 unspecified atom stereocenters. The zero-order valence-corrected chi connectivity index (χ0v) is 11.6. The van der Waals surface area contributed by atoms with Crippen LogP contribution in [0, 0.1) is 5.92 Å². The number of benzene rings is 1. The van der Waals surface area contributed by atoms with Gasteiger partial charge in [0.15, 0.2) is 5.78 Å². The van der Waals surface area contributed by atoms with E-state index in [1.807, 2.05) is 45.0 Å². The number of rotatable bonds is 7. The molecule has 100 valence electrons. The number of methoxy groups -OCH3 is 1. The third kappa shape index (κ3) is 4.15. The second kappa shape index (κ2) is 7.17. The van der Waals surface area contributed by atoms with Gasteiger partial charge in [0, 0.05) is 13.0 Å². The summed E-state index contributed by atoms with van der Waals surface area (Å²) >= 11 is 0. The number of carbonyl (C=O) groups is 1. The predicted octanol–water partition coefficient (Wildman–Crippen LogP) is 2.87. The fourth-order valence-corrected chi connectivity index (χ4v) is 1.92. The van der Waals surface area contributed by atoms with Crippen LogP contribution in [0.5, 0.6) is 5.75 Å². The Kier molecular flexibility index (Phi) is 5.86. The third-order valence-corrected chi connectivity index (χ3v) is 2.78. The first-order chi connectivity index (χ1) is 8.58. The lowest BCUT2D eigenvalue weighted by molar-refractivity contribution is -0.132. The molecule has 0 aliphatic carbocycles. The molecule has 0 radical (unpaired) electrons. The highest BCUT2D eigenvalue weighted by atomic mass is 16.5. The molecule has 0 spiro atoms. The molecule has 0 aliphatic heterocycles. The second-order valence-electron chi connectivity index (χ2n) is 4.61. The minimum Gasteiger partial charge on any atom is -0.497 e. The number of hydrogen-bond acceptors (Lipinski definition) is 3. The molecule has 0 saturated heterocycles. The van der Waals surface area contributed by atoms with E-state index in [0.29, 0.717) is 13.0 Å². The predicted molar refractivity (Wildman–Crippen MR) is 72.0 cm³/mol. The van der Waals surface area contributed by atoms with Crippen LogP contribution in [0.3, 0.4) is 0 Å². The summed E-state index contributed by atoms with van der Waals surface area (Å²) in [5, 5.41) is 0. The molecule has 0 saturated carbocycles. The van der Waals surface area contributed by atoms with E-state index in [4.69, 9.17) is 9.47 Å². The van der Waals surface area contributed by atoms with Crippen molar-refractivity contribution >= 4 is 5.78 Å². The van der Waals surface area contributed by atoms with Gasteiger partial charge in [-0.05, 0) is 30.5 Å². The van der Waals surface area contributed by atoms with E-state index in [1.165, 1.54) is 0 Å². The first-order valence-corrected chi connectivity index (χ1v) is 6.35. The van der Waals surface area contributed by atoms with Crippen LogP contribution >= 0.6 is 0 Å². The van der Waals surface area contributed by atoms with Gasteiger partial charge in [0.2, 0.25) is 0 Å². The molecule has 0 fully saturated rings. The SMILES string of the molecule is CCOC(C(=O)Cc1cccc(OC)c1)C(C)C. The molecule has 18 heavy (non-hydrogen) atoms. The number of Topliss-reactive ketones (excluding diaryl/α,β-unsaturated/α-hetero) is 1. The summed E-state index contributed by atoms with van der Waals surface area (Å²) in [7, 11) is 1.62. The van der Waals surface area contributed by atoms with E-state index in [2.05, 4.69) is 0 Å². The summed E-state index contributed by atoms with van der Waals surface area (Å²) in [6.45, 7) is 6.48. The van der Waals surface area contributed by atoms with Crippen LogP contribution in [-0.2, 0) is 16.0 Å². The van der Waals surface area contributed by atoms with Crippen molar-refractivity contribution in [2.45, 2.75) is 33.3 Å². The first kappa shape index (κ1) is 14.7. The van der Waals surface area contributed by atoms with Gasteiger partial charge >= 0.3 is 0 Å². The van der Waals surface area contributed by atoms with Gasteiger partial charge in [0.05, 0.1) is 7.11 Å². The molecule has 0 aliphatic rings. The Hall–Kier alpha value is -1.35. The Morgan fingerprint density at radius 3 is 2.61 bits per heavy atom. The number of ether oxygens (including phenoxy) is 2. The normalized spacial score (nSPS) is 12.5. The topological polar surface area (TPSA) is 35.5 Å². The van der Waals surface area contributed by atoms with Gasteiger partial charge < -0.3 is 9.47 Å². The average Bonchev–Trinajstić information content (AvgIpc) is 2.35. The van der Waals surface area contributed by atoms with Gasteiger partial charge in [-0.3, -0.25) is 4.79 Å². The molecule has 0 bridgehead atoms. The highest BCUT2D eigenvalue weighted by molar-refractivity contribution is 5.85. The lowest BCUT2D eigenvalue weighted by Gasteiger charge is -2.19. The van der Waals surface area contributed by atoms with Gasteiger partial charge in [-0.1, -0.05) is 26.0 Å². The molecule has 0 aromatic heterocycles. The van der Waals surface area contributed by atoms with Gasteiger partial charge in [-0.2, -0.15) is 0 Å². The third-order valence-electron chi connectivity index (χ3n) is 2.78. The zero-order chi connectivity index (χ0) is 13.5. The van der Waals surface area contributed by atoms with E-state index in [1.54, 1.807) is 7.11 Å². The summed E-state index contributed by atoms with van der Waals surface area (Å²) in [4.78, 5) is 12.2. The van der Waals surface area contributed by atoms with Gasteiger partial charge in [-0.25, -0.2) is 0 Å². The number of hydrogen-bond donors (Lipinski definition) is 0. The monoisotopic (exact) mass is 250 g/mol. The quantitative estimate of drug-likeness (QED) is 0.746. The maximum atomic E-state index is 12.2. The highest BCUT2D eigenvalue weighted by Gasteiger charge is 2.22. The summed E-state index contributed by atoms with van der Waals surface area (Å²) in [6.07, 6.45) is 0.0706. The van der Waals surface area contributed by atoms with Crippen LogP contribution < -0.4 is 4.74 Å². The molecule has 1 atom stereocenters. The fourth-order valence-electron chi connectivity index (χ4n) is 1.92. The minimum absolute atomic E-state index is 0.125. The van der Waals surface area contributed by atoms with E-state index < -0.39 is 0 Å². The maximum Gasteiger partial charge on any atom is 0.166 e. The number of carbonyl (C=O) groups excluding carboxylic acids is 1. The Balaban J connectivity index is 2.72. The largest absolute Gasteiger partial charge is 0.497 e. The maximum absolute atomic E-state index is 12.2. The fraction of sp³-hybridized carbons (Fsp3) is 0.533. The lowest BCUT2D eigenvalue weighted by atomic mass is 9.97. The van der Waals surface area contributed by atoms with Crippen LogP contribution in [0.4, 0.5) is 0 Å². The molecular weight excluding hydrogens is 228 g/mol. The van der Waals surface area contributed by atoms with Crippen molar-refractivity contribution in [3.63, 3.8) is 0 Å². The summed E-state index contributed by atoms with van der Waals surface area (Å²) in [6, 6.07) is 7.59. The lowest BCUT2D eigenvalue weighted by Crippen LogP contribution is -2.31. The molecule has 3 heteroatoms. The second-order valence-corrected chi connectivity index (χ2v) is 4.61. The highest BCUT2D eigenvalue weighted by Crippen LogP contribution is 2.16. The van der Waals surface area contributed by atoms with Crippen molar-refractivity contribution in [3.8, 4) is 5.75 Å². The molecule has 0 amide bonds. The summed E-state index contributed by atoms with van der Waals surface area (Å²) in [5.74, 6) is 1.10. The molecular formula is C15H22O3. The zero-order valence-electron chi connectivity index (χ0n) is 11.6. The molecule has 0 N–H and O–H groups in total. The molecule has 1 aromatic rings. The van der Waals surface area contributed by atoms with Crippen LogP contribution in [0.25, 0.3) is 0 Å². The van der Waals surface area contributed by atoms with E-state index >= 15 is 0 Å². The van der Waals surface area contributed by atoms with E-state index in [-0.39, 0.29) is 17.8 Å². The van der Waals surface area contributed by atoms with Crippen molar-refractivity contribution in [1.29, 1.82) is 0 Å². The van der Waals surface area contributed by atoms with Crippen LogP contribution in [0.2, 0.25) is 0 Å². The molecule has 1 rings (SSSR count). The van der Waals surface area contributed by atoms with Crippen molar-refractivity contribution < 1.29 is 14.3 Å². The van der Waals surface area contributed by atoms with Crippen molar-refractivity contribution in [2.75, 3.05) is 13.7 Å². The van der Waals surface area contributed by atoms with Crippen molar-refractivity contribution in [3.05, 3.63) is 29.8 Å². The first-order valence-electron chi connectivity index (χ1n) is 6.35. The van der Waals surface area contributed by atoms with E-state index in [9.17, 15) is 4.79 Å². The van der Waals surface area contributed by atoms with Crippen LogP contribution in [0.1, 0.15) is 26.3 Å². The average molecular weight is 250 g/mol. The van der Waals surface area contributed by atoms with Gasteiger partial charge in [-0.15, -0.1) is 0 Å².